The lowest BCUT2D eigenvalue weighted by Crippen LogP contribution is -2.43. The van der Waals surface area contributed by atoms with E-state index >= 15 is 0 Å². The molecule has 29 heavy (non-hydrogen) atoms. The Morgan fingerprint density at radius 3 is 2.79 bits per heavy atom. The van der Waals surface area contributed by atoms with E-state index in [0.717, 1.165) is 17.8 Å². The maximum atomic E-state index is 12.7. The maximum absolute atomic E-state index is 12.7. The summed E-state index contributed by atoms with van der Waals surface area (Å²) in [4.78, 5) is 19.3. The molecule has 1 amide bonds. The molecule has 1 aromatic carbocycles. The summed E-state index contributed by atoms with van der Waals surface area (Å²) in [5.41, 5.74) is 5.59. The molecule has 3 aromatic rings. The smallest absolute Gasteiger partial charge is 0.228 e. The molecule has 7 nitrogen and oxygen atoms in total. The van der Waals surface area contributed by atoms with E-state index < -0.39 is 0 Å². The number of aromatic nitrogens is 3. The van der Waals surface area contributed by atoms with Gasteiger partial charge in [-0.3, -0.25) is 9.78 Å². The Labute approximate surface area is 169 Å². The normalized spacial score (nSPS) is 16.8. The highest BCUT2D eigenvalue weighted by atomic mass is 16.6. The van der Waals surface area contributed by atoms with Gasteiger partial charge >= 0.3 is 0 Å². The molecular weight excluding hydrogens is 368 g/mol. The van der Waals surface area contributed by atoms with Gasteiger partial charge in [0.2, 0.25) is 5.91 Å². The van der Waals surface area contributed by atoms with Crippen LogP contribution in [0.15, 0.2) is 47.1 Å². The van der Waals surface area contributed by atoms with Crippen molar-refractivity contribution in [1.29, 1.82) is 0 Å². The summed E-state index contributed by atoms with van der Waals surface area (Å²) >= 11 is 0. The van der Waals surface area contributed by atoms with Crippen molar-refractivity contribution in [2.45, 2.75) is 32.8 Å². The molecular formula is C22H24N4O3. The van der Waals surface area contributed by atoms with Gasteiger partial charge in [0.05, 0.1) is 25.3 Å². The largest absolute Gasteiger partial charge is 0.368 e. The molecule has 1 aliphatic heterocycles. The van der Waals surface area contributed by atoms with Crippen LogP contribution in [0.1, 0.15) is 40.0 Å². The number of aryl methyl sites for hydroxylation is 2. The van der Waals surface area contributed by atoms with E-state index in [9.17, 15) is 4.79 Å². The summed E-state index contributed by atoms with van der Waals surface area (Å²) in [6, 6.07) is 14.3. The summed E-state index contributed by atoms with van der Waals surface area (Å²) in [5.74, 6) is -0.00633. The zero-order valence-electron chi connectivity index (χ0n) is 16.7. The SMILES string of the molecule is Cc1ccccc1Cc1cccc(C2CN(C(=O)Cc3nonc3C)CCO2)n1. The first-order valence-corrected chi connectivity index (χ1v) is 9.78. The molecule has 0 N–H and O–H groups in total. The van der Waals surface area contributed by atoms with E-state index in [1.165, 1.54) is 11.1 Å². The molecule has 0 spiro atoms. The third-order valence-corrected chi connectivity index (χ3v) is 5.28. The Balaban J connectivity index is 1.45. The van der Waals surface area contributed by atoms with Crippen LogP contribution in [-0.2, 0) is 22.4 Å². The summed E-state index contributed by atoms with van der Waals surface area (Å²) in [6.07, 6.45) is 0.720. The van der Waals surface area contributed by atoms with Gasteiger partial charge in [0.25, 0.3) is 0 Å². The fourth-order valence-electron chi connectivity index (χ4n) is 3.50. The molecule has 1 unspecified atom stereocenters. The lowest BCUT2D eigenvalue weighted by atomic mass is 10.0. The van der Waals surface area contributed by atoms with Crippen LogP contribution in [0.4, 0.5) is 0 Å². The van der Waals surface area contributed by atoms with Crippen LogP contribution in [0.25, 0.3) is 0 Å². The highest BCUT2D eigenvalue weighted by molar-refractivity contribution is 5.78. The molecule has 0 bridgehead atoms. The number of nitrogens with zero attached hydrogens (tertiary/aromatic N) is 4. The molecule has 0 saturated carbocycles. The van der Waals surface area contributed by atoms with Crippen molar-refractivity contribution in [3.05, 3.63) is 76.4 Å². The Kier molecular flexibility index (Phi) is 5.67. The number of amides is 1. The number of hydrogen-bond donors (Lipinski definition) is 0. The molecule has 0 aliphatic carbocycles. The lowest BCUT2D eigenvalue weighted by molar-refractivity contribution is -0.138. The third kappa shape index (κ3) is 4.51. The molecule has 4 rings (SSSR count). The van der Waals surface area contributed by atoms with E-state index in [1.54, 1.807) is 11.8 Å². The van der Waals surface area contributed by atoms with E-state index in [4.69, 9.17) is 9.72 Å². The van der Waals surface area contributed by atoms with Gasteiger partial charge in [-0.25, -0.2) is 4.63 Å². The quantitative estimate of drug-likeness (QED) is 0.664. The van der Waals surface area contributed by atoms with Gasteiger partial charge < -0.3 is 9.64 Å². The van der Waals surface area contributed by atoms with Crippen LogP contribution >= 0.6 is 0 Å². The maximum Gasteiger partial charge on any atom is 0.228 e. The van der Waals surface area contributed by atoms with Crippen molar-refractivity contribution in [2.75, 3.05) is 19.7 Å². The van der Waals surface area contributed by atoms with Crippen LogP contribution in [0.2, 0.25) is 0 Å². The number of ether oxygens (including phenoxy) is 1. The van der Waals surface area contributed by atoms with Gasteiger partial charge in [0.1, 0.15) is 17.5 Å². The number of hydrogen-bond acceptors (Lipinski definition) is 6. The molecule has 150 valence electrons. The first-order valence-electron chi connectivity index (χ1n) is 9.78. The van der Waals surface area contributed by atoms with Gasteiger partial charge in [-0.05, 0) is 37.1 Å². The van der Waals surface area contributed by atoms with Crippen molar-refractivity contribution < 1.29 is 14.2 Å². The molecule has 1 saturated heterocycles. The zero-order valence-corrected chi connectivity index (χ0v) is 16.7. The van der Waals surface area contributed by atoms with Gasteiger partial charge in [0.15, 0.2) is 0 Å². The first-order chi connectivity index (χ1) is 14.1. The minimum Gasteiger partial charge on any atom is -0.368 e. The minimum atomic E-state index is -0.235. The molecule has 7 heteroatoms. The average Bonchev–Trinajstić information content (AvgIpc) is 3.14. The number of benzene rings is 1. The van der Waals surface area contributed by atoms with Crippen molar-refractivity contribution in [3.63, 3.8) is 0 Å². The standard InChI is InChI=1S/C22H24N4O3/c1-15-6-3-4-7-17(15)12-18-8-5-9-19(23-18)21-14-26(10-11-28-21)22(27)13-20-16(2)24-29-25-20/h3-9,21H,10-14H2,1-2H3. The Bertz CT molecular complexity index is 1000. The predicted molar refractivity (Wildman–Crippen MR) is 106 cm³/mol. The van der Waals surface area contributed by atoms with E-state index in [1.807, 2.05) is 30.3 Å². The Hall–Kier alpha value is -3.06. The summed E-state index contributed by atoms with van der Waals surface area (Å²) in [6.45, 7) is 5.41. The number of pyridine rings is 1. The van der Waals surface area contributed by atoms with Gasteiger partial charge in [0, 0.05) is 18.7 Å². The summed E-state index contributed by atoms with van der Waals surface area (Å²) < 4.78 is 10.6. The second-order valence-corrected chi connectivity index (χ2v) is 7.33. The number of rotatable bonds is 5. The molecule has 2 aromatic heterocycles. The molecule has 1 aliphatic rings. The number of morpholine rings is 1. The predicted octanol–water partition coefficient (Wildman–Crippen LogP) is 2.81. The Morgan fingerprint density at radius 1 is 1.14 bits per heavy atom. The van der Waals surface area contributed by atoms with E-state index in [2.05, 4.69) is 34.0 Å². The van der Waals surface area contributed by atoms with Crippen molar-refractivity contribution in [1.82, 2.24) is 20.2 Å². The summed E-state index contributed by atoms with van der Waals surface area (Å²) in [7, 11) is 0. The second-order valence-electron chi connectivity index (χ2n) is 7.33. The topological polar surface area (TPSA) is 81.4 Å². The summed E-state index contributed by atoms with van der Waals surface area (Å²) in [5, 5.41) is 7.55. The third-order valence-electron chi connectivity index (χ3n) is 5.28. The fraction of sp³-hybridized carbons (Fsp3) is 0.364. The second kappa shape index (κ2) is 8.53. The molecule has 1 atom stereocenters. The molecule has 1 fully saturated rings. The molecule has 3 heterocycles. The van der Waals surface area contributed by atoms with Gasteiger partial charge in [-0.15, -0.1) is 0 Å². The van der Waals surface area contributed by atoms with Crippen molar-refractivity contribution in [2.24, 2.45) is 0 Å². The fourth-order valence-corrected chi connectivity index (χ4v) is 3.50. The van der Waals surface area contributed by atoms with Crippen molar-refractivity contribution in [3.8, 4) is 0 Å². The molecule has 0 radical (unpaired) electrons. The lowest BCUT2D eigenvalue weighted by Gasteiger charge is -2.32. The van der Waals surface area contributed by atoms with Gasteiger partial charge in [-0.2, -0.15) is 0 Å². The Morgan fingerprint density at radius 2 is 2.00 bits per heavy atom. The zero-order chi connectivity index (χ0) is 20.2. The number of carbonyl (C=O) groups excluding carboxylic acids is 1. The highest BCUT2D eigenvalue weighted by Crippen LogP contribution is 2.22. The van der Waals surface area contributed by atoms with Gasteiger partial charge in [-0.1, -0.05) is 40.6 Å². The van der Waals surface area contributed by atoms with E-state index in [-0.39, 0.29) is 18.4 Å². The average molecular weight is 392 g/mol. The van der Waals surface area contributed by atoms with Crippen LogP contribution in [0, 0.1) is 13.8 Å². The minimum absolute atomic E-state index is 0.00633. The van der Waals surface area contributed by atoms with Crippen LogP contribution in [-0.4, -0.2) is 45.8 Å². The van der Waals surface area contributed by atoms with Crippen LogP contribution in [0.5, 0.6) is 0 Å². The monoisotopic (exact) mass is 392 g/mol. The van der Waals surface area contributed by atoms with Crippen LogP contribution < -0.4 is 0 Å². The van der Waals surface area contributed by atoms with E-state index in [0.29, 0.717) is 31.1 Å². The number of carbonyl (C=O) groups is 1. The highest BCUT2D eigenvalue weighted by Gasteiger charge is 2.27. The first kappa shape index (κ1) is 19.3. The van der Waals surface area contributed by atoms with Crippen molar-refractivity contribution >= 4 is 5.91 Å². The van der Waals surface area contributed by atoms with Crippen LogP contribution in [0.3, 0.4) is 0 Å².